The smallest absolute Gasteiger partial charge is 0.468 e. The average Bonchev–Trinajstić information content (AvgIpc) is 2.85. The van der Waals surface area contributed by atoms with E-state index >= 15 is 0 Å². The van der Waals surface area contributed by atoms with Crippen molar-refractivity contribution in [3.63, 3.8) is 0 Å². The fraction of sp³-hybridized carbons (Fsp3) is 0.600. The summed E-state index contributed by atoms with van der Waals surface area (Å²) in [5.41, 5.74) is 5.17. The highest BCUT2D eigenvalue weighted by Gasteiger charge is 2.36. The lowest BCUT2D eigenvalue weighted by Gasteiger charge is -2.26. The van der Waals surface area contributed by atoms with Crippen LogP contribution in [-0.4, -0.2) is 63.5 Å². The van der Waals surface area contributed by atoms with Gasteiger partial charge in [-0.25, -0.2) is 14.4 Å². The van der Waals surface area contributed by atoms with Crippen LogP contribution in [0, 0.1) is 5.92 Å². The number of rotatable bonds is 14. The van der Waals surface area contributed by atoms with Gasteiger partial charge >= 0.3 is 24.4 Å². The SMILES string of the molecule is CCCOC(=O)Oc1ccc(CC(N)(CCOC(=O)OCC(C)C)C(=O)OC)cc1OC(=O)OCCC. The molecule has 1 atom stereocenters. The number of ether oxygens (including phenoxy) is 7. The Morgan fingerprint density at radius 3 is 1.95 bits per heavy atom. The van der Waals surface area contributed by atoms with E-state index < -0.39 is 30.0 Å². The Kier molecular flexibility index (Phi) is 13.8. The summed E-state index contributed by atoms with van der Waals surface area (Å²) in [5, 5.41) is 0. The van der Waals surface area contributed by atoms with Crippen LogP contribution in [0.4, 0.5) is 14.4 Å². The van der Waals surface area contributed by atoms with Crippen LogP contribution in [0.1, 0.15) is 52.5 Å². The third kappa shape index (κ3) is 11.8. The first-order valence-electron chi connectivity index (χ1n) is 12.0. The molecule has 0 aliphatic rings. The summed E-state index contributed by atoms with van der Waals surface area (Å²) in [4.78, 5) is 48.2. The molecule has 208 valence electrons. The summed E-state index contributed by atoms with van der Waals surface area (Å²) in [6.45, 7) is 7.64. The van der Waals surface area contributed by atoms with Crippen molar-refractivity contribution in [2.24, 2.45) is 11.7 Å². The zero-order valence-electron chi connectivity index (χ0n) is 22.0. The summed E-state index contributed by atoms with van der Waals surface area (Å²) in [7, 11) is 1.18. The van der Waals surface area contributed by atoms with Crippen molar-refractivity contribution in [3.05, 3.63) is 23.8 Å². The van der Waals surface area contributed by atoms with Crippen LogP contribution in [0.25, 0.3) is 0 Å². The first kappa shape index (κ1) is 31.5. The van der Waals surface area contributed by atoms with E-state index in [1.165, 1.54) is 25.3 Å². The molecule has 1 aromatic rings. The van der Waals surface area contributed by atoms with Crippen LogP contribution in [0.3, 0.4) is 0 Å². The Labute approximate surface area is 216 Å². The van der Waals surface area contributed by atoms with Crippen LogP contribution >= 0.6 is 0 Å². The molecule has 37 heavy (non-hydrogen) atoms. The fourth-order valence-electron chi connectivity index (χ4n) is 2.86. The molecule has 12 heteroatoms. The van der Waals surface area contributed by atoms with Gasteiger partial charge in [-0.05, 0) is 36.5 Å². The predicted octanol–water partition coefficient (Wildman–Crippen LogP) is 4.15. The normalized spacial score (nSPS) is 12.2. The van der Waals surface area contributed by atoms with Crippen molar-refractivity contribution in [3.8, 4) is 11.5 Å². The second kappa shape index (κ2) is 16.3. The van der Waals surface area contributed by atoms with Gasteiger partial charge in [0, 0.05) is 12.8 Å². The average molecular weight is 528 g/mol. The molecular formula is C25H37NO11. The minimum atomic E-state index is -1.60. The van der Waals surface area contributed by atoms with Crippen molar-refractivity contribution in [1.29, 1.82) is 0 Å². The number of carbonyl (C=O) groups is 4. The molecule has 0 spiro atoms. The molecule has 1 unspecified atom stereocenters. The topological polar surface area (TPSA) is 159 Å². The third-order valence-electron chi connectivity index (χ3n) is 4.66. The highest BCUT2D eigenvalue weighted by molar-refractivity contribution is 5.81. The Bertz CT molecular complexity index is 903. The minimum Gasteiger partial charge on any atom is -0.468 e. The van der Waals surface area contributed by atoms with Gasteiger partial charge in [0.1, 0.15) is 5.54 Å². The largest absolute Gasteiger partial charge is 0.513 e. The molecule has 2 N–H and O–H groups in total. The lowest BCUT2D eigenvalue weighted by molar-refractivity contribution is -0.147. The minimum absolute atomic E-state index is 0.0905. The van der Waals surface area contributed by atoms with E-state index in [9.17, 15) is 19.2 Å². The number of benzene rings is 1. The second-order valence-electron chi connectivity index (χ2n) is 8.56. The Hall–Kier alpha value is -3.54. The number of carbonyl (C=O) groups excluding carboxylic acids is 4. The van der Waals surface area contributed by atoms with Gasteiger partial charge in [-0.2, -0.15) is 0 Å². The highest BCUT2D eigenvalue weighted by Crippen LogP contribution is 2.31. The zero-order valence-corrected chi connectivity index (χ0v) is 22.0. The standard InChI is InChI=1S/C25H37NO11/c1-6-11-32-23(29)36-19-9-8-18(14-20(19)37-24(30)33-12-7-2)15-25(26,21(27)31-5)10-13-34-22(28)35-16-17(3)4/h8-9,14,17H,6-7,10-13,15-16,26H2,1-5H3. The number of hydrogen-bond donors (Lipinski definition) is 1. The summed E-state index contributed by atoms with van der Waals surface area (Å²) >= 11 is 0. The number of nitrogens with two attached hydrogens (primary N) is 1. The van der Waals surface area contributed by atoms with E-state index in [1.807, 2.05) is 27.7 Å². The maximum Gasteiger partial charge on any atom is 0.513 e. The van der Waals surface area contributed by atoms with Crippen LogP contribution in [0.2, 0.25) is 0 Å². The summed E-state index contributed by atoms with van der Waals surface area (Å²) in [6.07, 6.45) is -1.89. The van der Waals surface area contributed by atoms with Crippen molar-refractivity contribution < 1.29 is 52.3 Å². The van der Waals surface area contributed by atoms with E-state index in [0.717, 1.165) is 0 Å². The third-order valence-corrected chi connectivity index (χ3v) is 4.66. The van der Waals surface area contributed by atoms with Gasteiger partial charge in [-0.1, -0.05) is 33.8 Å². The van der Waals surface area contributed by atoms with E-state index in [1.54, 1.807) is 0 Å². The molecule has 0 heterocycles. The van der Waals surface area contributed by atoms with E-state index in [0.29, 0.717) is 18.4 Å². The molecule has 12 nitrogen and oxygen atoms in total. The Balaban J connectivity index is 3.07. The van der Waals surface area contributed by atoms with Crippen LogP contribution < -0.4 is 15.2 Å². The quantitative estimate of drug-likeness (QED) is 0.209. The molecular weight excluding hydrogens is 490 g/mol. The van der Waals surface area contributed by atoms with Gasteiger partial charge in [0.25, 0.3) is 0 Å². The van der Waals surface area contributed by atoms with Crippen molar-refractivity contribution in [2.45, 2.75) is 58.9 Å². The van der Waals surface area contributed by atoms with E-state index in [4.69, 9.17) is 38.9 Å². The zero-order chi connectivity index (χ0) is 27.8. The molecule has 0 aliphatic heterocycles. The highest BCUT2D eigenvalue weighted by atomic mass is 16.7. The van der Waals surface area contributed by atoms with Gasteiger partial charge < -0.3 is 38.9 Å². The lowest BCUT2D eigenvalue weighted by Crippen LogP contribution is -2.51. The number of esters is 1. The molecule has 0 aromatic heterocycles. The van der Waals surface area contributed by atoms with Crippen LogP contribution in [0.5, 0.6) is 11.5 Å². The second-order valence-corrected chi connectivity index (χ2v) is 8.56. The van der Waals surface area contributed by atoms with Crippen molar-refractivity contribution in [2.75, 3.05) is 33.5 Å². The van der Waals surface area contributed by atoms with Crippen LogP contribution in [-0.2, 0) is 34.9 Å². The molecule has 0 radical (unpaired) electrons. The maximum absolute atomic E-state index is 12.5. The van der Waals surface area contributed by atoms with Gasteiger partial charge in [0.05, 0.1) is 33.5 Å². The van der Waals surface area contributed by atoms with E-state index in [2.05, 4.69) is 0 Å². The molecule has 0 amide bonds. The molecule has 0 saturated carbocycles. The summed E-state index contributed by atoms with van der Waals surface area (Å²) in [6, 6.07) is 4.26. The van der Waals surface area contributed by atoms with Crippen molar-refractivity contribution in [1.82, 2.24) is 0 Å². The Morgan fingerprint density at radius 1 is 0.838 bits per heavy atom. The van der Waals surface area contributed by atoms with E-state index in [-0.39, 0.29) is 56.7 Å². The van der Waals surface area contributed by atoms with Gasteiger partial charge in [-0.15, -0.1) is 0 Å². The van der Waals surface area contributed by atoms with Gasteiger partial charge in [0.15, 0.2) is 11.5 Å². The molecule has 1 aromatic carbocycles. The van der Waals surface area contributed by atoms with Crippen LogP contribution in [0.15, 0.2) is 18.2 Å². The van der Waals surface area contributed by atoms with Gasteiger partial charge in [0.2, 0.25) is 0 Å². The molecule has 1 rings (SSSR count). The molecule has 0 fully saturated rings. The van der Waals surface area contributed by atoms with Crippen molar-refractivity contribution >= 4 is 24.4 Å². The van der Waals surface area contributed by atoms with Gasteiger partial charge in [-0.3, -0.25) is 4.79 Å². The maximum atomic E-state index is 12.5. The predicted molar refractivity (Wildman–Crippen MR) is 130 cm³/mol. The molecule has 0 bridgehead atoms. The Morgan fingerprint density at radius 2 is 1.41 bits per heavy atom. The lowest BCUT2D eigenvalue weighted by atomic mass is 9.88. The fourth-order valence-corrected chi connectivity index (χ4v) is 2.86. The monoisotopic (exact) mass is 527 g/mol. The molecule has 0 aliphatic carbocycles. The number of methoxy groups -OCH3 is 1. The molecule has 0 saturated heterocycles. The first-order valence-corrected chi connectivity index (χ1v) is 12.0. The first-order chi connectivity index (χ1) is 17.5. The summed E-state index contributed by atoms with van der Waals surface area (Å²) in [5.74, 6) is -0.865. The number of hydrogen-bond acceptors (Lipinski definition) is 12. The summed E-state index contributed by atoms with van der Waals surface area (Å²) < 4.78 is 35.0.